The summed E-state index contributed by atoms with van der Waals surface area (Å²) in [6.07, 6.45) is 3.95. The van der Waals surface area contributed by atoms with Gasteiger partial charge in [-0.15, -0.1) is 11.6 Å². The highest BCUT2D eigenvalue weighted by atomic mass is 35.5. The van der Waals surface area contributed by atoms with Crippen molar-refractivity contribution < 1.29 is 4.74 Å². The van der Waals surface area contributed by atoms with E-state index in [1.54, 1.807) is 0 Å². The van der Waals surface area contributed by atoms with Crippen LogP contribution in [-0.2, 0) is 18.3 Å². The minimum atomic E-state index is 0.334. The normalized spacial score (nSPS) is 23.2. The van der Waals surface area contributed by atoms with Crippen LogP contribution in [0.5, 0.6) is 0 Å². The number of aromatic nitrogens is 2. The van der Waals surface area contributed by atoms with E-state index in [9.17, 15) is 0 Å². The molecule has 0 aromatic carbocycles. The van der Waals surface area contributed by atoms with E-state index >= 15 is 0 Å². The van der Waals surface area contributed by atoms with E-state index in [2.05, 4.69) is 10.00 Å². The van der Waals surface area contributed by atoms with Crippen LogP contribution < -0.4 is 0 Å². The minimum absolute atomic E-state index is 0.334. The molecule has 1 atom stereocenters. The van der Waals surface area contributed by atoms with Gasteiger partial charge in [0.2, 0.25) is 0 Å². The minimum Gasteiger partial charge on any atom is -0.378 e. The molecule has 1 unspecified atom stereocenters. The van der Waals surface area contributed by atoms with Gasteiger partial charge >= 0.3 is 0 Å². The summed E-state index contributed by atoms with van der Waals surface area (Å²) in [6, 6.07) is 0.334. The van der Waals surface area contributed by atoms with Gasteiger partial charge in [-0.1, -0.05) is 0 Å². The number of ether oxygens (including phenoxy) is 1. The van der Waals surface area contributed by atoms with E-state index in [4.69, 9.17) is 16.3 Å². The van der Waals surface area contributed by atoms with Crippen LogP contribution in [0.25, 0.3) is 0 Å². The number of rotatable bonds is 3. The van der Waals surface area contributed by atoms with Crippen molar-refractivity contribution in [1.29, 1.82) is 0 Å². The molecule has 0 amide bonds. The van der Waals surface area contributed by atoms with E-state index in [-0.39, 0.29) is 0 Å². The fraction of sp³-hybridized carbons (Fsp3) is 0.700. The number of halogens is 1. The molecular weight excluding hydrogens is 214 g/mol. The average Bonchev–Trinajstić information content (AvgIpc) is 2.65. The molecule has 15 heavy (non-hydrogen) atoms. The Balaban J connectivity index is 1.97. The van der Waals surface area contributed by atoms with Gasteiger partial charge in [-0.3, -0.25) is 9.58 Å². The lowest BCUT2D eigenvalue weighted by atomic mass is 10.2. The van der Waals surface area contributed by atoms with Crippen LogP contribution >= 0.6 is 11.6 Å². The maximum Gasteiger partial charge on any atom is 0.0634 e. The summed E-state index contributed by atoms with van der Waals surface area (Å²) in [5.41, 5.74) is 1.23. The summed E-state index contributed by atoms with van der Waals surface area (Å²) < 4.78 is 7.22. The molecule has 0 saturated carbocycles. The molecule has 4 nitrogen and oxygen atoms in total. The third kappa shape index (κ3) is 2.71. The van der Waals surface area contributed by atoms with Gasteiger partial charge in [0.1, 0.15) is 0 Å². The number of morpholine rings is 1. The lowest BCUT2D eigenvalue weighted by Gasteiger charge is -2.33. The molecule has 0 bridgehead atoms. The van der Waals surface area contributed by atoms with E-state index in [1.807, 2.05) is 24.1 Å². The molecule has 2 heterocycles. The Hall–Kier alpha value is -0.580. The maximum atomic E-state index is 5.90. The van der Waals surface area contributed by atoms with Crippen molar-refractivity contribution in [2.75, 3.05) is 25.6 Å². The van der Waals surface area contributed by atoms with Gasteiger partial charge in [0.15, 0.2) is 0 Å². The van der Waals surface area contributed by atoms with Crippen LogP contribution in [0, 0.1) is 0 Å². The molecule has 0 aliphatic carbocycles. The first-order valence-corrected chi connectivity index (χ1v) is 5.68. The predicted octanol–water partition coefficient (Wildman–Crippen LogP) is 0.860. The molecule has 1 aliphatic rings. The Kier molecular flexibility index (Phi) is 3.61. The smallest absolute Gasteiger partial charge is 0.0634 e. The molecule has 1 aromatic rings. The summed E-state index contributed by atoms with van der Waals surface area (Å²) in [4.78, 5) is 2.35. The first-order valence-electron chi connectivity index (χ1n) is 5.15. The fourth-order valence-electron chi connectivity index (χ4n) is 1.83. The molecule has 0 N–H and O–H groups in total. The molecule has 1 saturated heterocycles. The Morgan fingerprint density at radius 1 is 1.67 bits per heavy atom. The van der Waals surface area contributed by atoms with Gasteiger partial charge in [-0.25, -0.2) is 0 Å². The van der Waals surface area contributed by atoms with Crippen molar-refractivity contribution >= 4 is 11.6 Å². The molecule has 2 rings (SSSR count). The van der Waals surface area contributed by atoms with Crippen molar-refractivity contribution in [3.8, 4) is 0 Å². The second kappa shape index (κ2) is 4.96. The highest BCUT2D eigenvalue weighted by molar-refractivity contribution is 6.18. The van der Waals surface area contributed by atoms with Gasteiger partial charge < -0.3 is 4.74 Å². The van der Waals surface area contributed by atoms with Gasteiger partial charge in [0, 0.05) is 43.8 Å². The SMILES string of the molecule is Cn1cc(CN2CCOCC2CCl)cn1. The number of aryl methyl sites for hydroxylation is 1. The second-order valence-corrected chi connectivity index (χ2v) is 4.18. The first kappa shape index (κ1) is 10.9. The summed E-state index contributed by atoms with van der Waals surface area (Å²) >= 11 is 5.90. The molecule has 84 valence electrons. The first-order chi connectivity index (χ1) is 7.29. The zero-order valence-corrected chi connectivity index (χ0v) is 9.65. The highest BCUT2D eigenvalue weighted by Crippen LogP contribution is 2.12. The zero-order chi connectivity index (χ0) is 10.7. The molecule has 1 aromatic heterocycles. The topological polar surface area (TPSA) is 30.3 Å². The van der Waals surface area contributed by atoms with Crippen molar-refractivity contribution in [1.82, 2.24) is 14.7 Å². The molecule has 1 fully saturated rings. The monoisotopic (exact) mass is 229 g/mol. The van der Waals surface area contributed by atoms with Gasteiger partial charge in [0.05, 0.1) is 19.4 Å². The van der Waals surface area contributed by atoms with Gasteiger partial charge in [-0.2, -0.15) is 5.10 Å². The van der Waals surface area contributed by atoms with Crippen LogP contribution in [0.3, 0.4) is 0 Å². The van der Waals surface area contributed by atoms with Crippen LogP contribution in [-0.4, -0.2) is 46.4 Å². The lowest BCUT2D eigenvalue weighted by molar-refractivity contribution is -0.00304. The predicted molar refractivity (Wildman–Crippen MR) is 58.9 cm³/mol. The van der Waals surface area contributed by atoms with Crippen molar-refractivity contribution in [3.63, 3.8) is 0 Å². The van der Waals surface area contributed by atoms with Crippen LogP contribution in [0.2, 0.25) is 0 Å². The third-order valence-corrected chi connectivity index (χ3v) is 3.03. The summed E-state index contributed by atoms with van der Waals surface area (Å²) in [5.74, 6) is 0.625. The Bertz CT molecular complexity index is 315. The zero-order valence-electron chi connectivity index (χ0n) is 8.90. The Morgan fingerprint density at radius 3 is 3.20 bits per heavy atom. The third-order valence-electron chi connectivity index (χ3n) is 2.67. The molecule has 1 aliphatic heterocycles. The number of nitrogens with zero attached hydrogens (tertiary/aromatic N) is 3. The molecular formula is C10H16ClN3O. The van der Waals surface area contributed by atoms with E-state index in [0.29, 0.717) is 11.9 Å². The van der Waals surface area contributed by atoms with Crippen LogP contribution in [0.1, 0.15) is 5.56 Å². The Morgan fingerprint density at radius 2 is 2.53 bits per heavy atom. The van der Waals surface area contributed by atoms with Crippen LogP contribution in [0.15, 0.2) is 12.4 Å². The number of hydrogen-bond acceptors (Lipinski definition) is 3. The molecule has 5 heteroatoms. The van der Waals surface area contributed by atoms with Crippen molar-refractivity contribution in [2.45, 2.75) is 12.6 Å². The van der Waals surface area contributed by atoms with Crippen molar-refractivity contribution in [2.24, 2.45) is 7.05 Å². The standard InChI is InChI=1S/C10H16ClN3O/c1-13-6-9(5-12-13)7-14-2-3-15-8-10(14)4-11/h5-6,10H,2-4,7-8H2,1H3. The van der Waals surface area contributed by atoms with Crippen LogP contribution in [0.4, 0.5) is 0 Å². The lowest BCUT2D eigenvalue weighted by Crippen LogP contribution is -2.45. The highest BCUT2D eigenvalue weighted by Gasteiger charge is 2.22. The largest absolute Gasteiger partial charge is 0.378 e. The van der Waals surface area contributed by atoms with Gasteiger partial charge in [0.25, 0.3) is 0 Å². The summed E-state index contributed by atoms with van der Waals surface area (Å²) in [6.45, 7) is 3.40. The number of alkyl halides is 1. The quantitative estimate of drug-likeness (QED) is 0.721. The molecule has 0 radical (unpaired) electrons. The van der Waals surface area contributed by atoms with Crippen molar-refractivity contribution in [3.05, 3.63) is 18.0 Å². The van der Waals surface area contributed by atoms with E-state index in [0.717, 1.165) is 26.3 Å². The van der Waals surface area contributed by atoms with E-state index in [1.165, 1.54) is 5.56 Å². The van der Waals surface area contributed by atoms with Gasteiger partial charge in [-0.05, 0) is 0 Å². The summed E-state index contributed by atoms with van der Waals surface area (Å²) in [5, 5.41) is 4.16. The Labute approximate surface area is 94.8 Å². The molecule has 0 spiro atoms. The second-order valence-electron chi connectivity index (χ2n) is 3.88. The average molecular weight is 230 g/mol. The fourth-order valence-corrected chi connectivity index (χ4v) is 2.11. The van der Waals surface area contributed by atoms with E-state index < -0.39 is 0 Å². The summed E-state index contributed by atoms with van der Waals surface area (Å²) in [7, 11) is 1.93. The maximum absolute atomic E-state index is 5.90. The number of hydrogen-bond donors (Lipinski definition) is 0.